The highest BCUT2D eigenvalue weighted by Crippen LogP contribution is 2.16. The zero-order chi connectivity index (χ0) is 13.4. The highest BCUT2D eigenvalue weighted by atomic mass is 32.1. The van der Waals surface area contributed by atoms with Gasteiger partial charge in [0.05, 0.1) is 17.3 Å². The number of thiazole rings is 1. The molecule has 1 aromatic rings. The van der Waals surface area contributed by atoms with Crippen LogP contribution < -0.4 is 10.6 Å². The number of rotatable bonds is 6. The minimum atomic E-state index is 0.674. The Morgan fingerprint density at radius 3 is 2.61 bits per heavy atom. The summed E-state index contributed by atoms with van der Waals surface area (Å²) in [6.07, 6.45) is 0.975. The maximum absolute atomic E-state index is 4.98. The summed E-state index contributed by atoms with van der Waals surface area (Å²) >= 11 is 1.76. The normalized spacial score (nSPS) is 11.7. The highest BCUT2D eigenvalue weighted by molar-refractivity contribution is 7.11. The summed E-state index contributed by atoms with van der Waals surface area (Å²) in [5, 5.41) is 7.58. The number of guanidine groups is 1. The van der Waals surface area contributed by atoms with Gasteiger partial charge in [0.15, 0.2) is 5.96 Å². The van der Waals surface area contributed by atoms with Crippen LogP contribution in [0.25, 0.3) is 0 Å². The molecule has 0 fully saturated rings. The van der Waals surface area contributed by atoms with Gasteiger partial charge in [-0.3, -0.25) is 4.99 Å². The molecule has 0 saturated heterocycles. The Balaban J connectivity index is 2.29. The number of ether oxygens (including phenoxy) is 1. The summed E-state index contributed by atoms with van der Waals surface area (Å²) in [5.74, 6) is 0.811. The van der Waals surface area contributed by atoms with Gasteiger partial charge in [-0.15, -0.1) is 11.3 Å². The molecule has 0 unspecified atom stereocenters. The summed E-state index contributed by atoms with van der Waals surface area (Å²) in [5.41, 5.74) is 1.14. The van der Waals surface area contributed by atoms with Gasteiger partial charge in [0.1, 0.15) is 0 Å². The molecule has 0 aliphatic heterocycles. The molecular formula is C12H22N4OS. The second-order valence-electron chi connectivity index (χ2n) is 3.91. The third-order valence-electron chi connectivity index (χ3n) is 2.47. The van der Waals surface area contributed by atoms with Crippen molar-refractivity contribution in [2.24, 2.45) is 4.99 Å². The average Bonchev–Trinajstić information content (AvgIpc) is 2.66. The molecule has 0 saturated carbocycles. The lowest BCUT2D eigenvalue weighted by molar-refractivity contribution is 0.203. The molecule has 2 N–H and O–H groups in total. The van der Waals surface area contributed by atoms with Crippen LogP contribution >= 0.6 is 11.3 Å². The lowest BCUT2D eigenvalue weighted by atomic mass is 10.3. The molecule has 0 spiro atoms. The van der Waals surface area contributed by atoms with Crippen molar-refractivity contribution >= 4 is 17.3 Å². The first-order valence-corrected chi connectivity index (χ1v) is 6.85. The van der Waals surface area contributed by atoms with E-state index in [0.29, 0.717) is 6.61 Å². The number of hydrogen-bond acceptors (Lipinski definition) is 4. The number of hydrogen-bond donors (Lipinski definition) is 2. The van der Waals surface area contributed by atoms with Crippen molar-refractivity contribution in [3.63, 3.8) is 0 Å². The summed E-state index contributed by atoms with van der Waals surface area (Å²) < 4.78 is 4.98. The van der Waals surface area contributed by atoms with Gasteiger partial charge in [-0.25, -0.2) is 4.98 Å². The molecule has 6 heteroatoms. The number of aromatic nitrogens is 1. The van der Waals surface area contributed by atoms with Crippen LogP contribution in [0.3, 0.4) is 0 Å². The zero-order valence-electron chi connectivity index (χ0n) is 11.5. The Hall–Kier alpha value is -1.14. The van der Waals surface area contributed by atoms with Gasteiger partial charge in [-0.1, -0.05) is 0 Å². The second kappa shape index (κ2) is 8.05. The smallest absolute Gasteiger partial charge is 0.191 e. The lowest BCUT2D eigenvalue weighted by Crippen LogP contribution is -2.39. The molecule has 0 atom stereocenters. The van der Waals surface area contributed by atoms with E-state index < -0.39 is 0 Å². The number of methoxy groups -OCH3 is 1. The van der Waals surface area contributed by atoms with Crippen LogP contribution in [0.2, 0.25) is 0 Å². The Morgan fingerprint density at radius 2 is 2.06 bits per heavy atom. The Bertz CT molecular complexity index is 389. The van der Waals surface area contributed by atoms with Gasteiger partial charge < -0.3 is 15.4 Å². The molecular weight excluding hydrogens is 248 g/mol. The highest BCUT2D eigenvalue weighted by Gasteiger charge is 2.04. The van der Waals surface area contributed by atoms with Crippen LogP contribution in [0.5, 0.6) is 0 Å². The largest absolute Gasteiger partial charge is 0.383 e. The number of aliphatic imine (C=N–C) groups is 1. The predicted octanol–water partition coefficient (Wildman–Crippen LogP) is 1.11. The lowest BCUT2D eigenvalue weighted by Gasteiger charge is -2.10. The Morgan fingerprint density at radius 1 is 1.33 bits per heavy atom. The summed E-state index contributed by atoms with van der Waals surface area (Å²) in [6.45, 7) is 6.39. The molecule has 1 heterocycles. The molecule has 5 nitrogen and oxygen atoms in total. The number of nitrogens with zero attached hydrogens (tertiary/aromatic N) is 2. The van der Waals surface area contributed by atoms with Crippen molar-refractivity contribution in [1.82, 2.24) is 15.6 Å². The van der Waals surface area contributed by atoms with E-state index in [1.54, 1.807) is 25.5 Å². The predicted molar refractivity (Wildman–Crippen MR) is 76.5 cm³/mol. The molecule has 0 aromatic carbocycles. The van der Waals surface area contributed by atoms with E-state index in [1.165, 1.54) is 4.88 Å². The Labute approximate surface area is 113 Å². The van der Waals surface area contributed by atoms with Crippen molar-refractivity contribution in [1.29, 1.82) is 0 Å². The third kappa shape index (κ3) is 5.01. The van der Waals surface area contributed by atoms with Crippen LogP contribution in [0.1, 0.15) is 15.6 Å². The molecule has 1 rings (SSSR count). The van der Waals surface area contributed by atoms with Crippen molar-refractivity contribution in [2.45, 2.75) is 20.3 Å². The van der Waals surface area contributed by atoms with E-state index in [9.17, 15) is 0 Å². The van der Waals surface area contributed by atoms with Gasteiger partial charge in [0.25, 0.3) is 0 Å². The van der Waals surface area contributed by atoms with Crippen LogP contribution in [0.15, 0.2) is 4.99 Å². The van der Waals surface area contributed by atoms with Gasteiger partial charge in [0.2, 0.25) is 0 Å². The van der Waals surface area contributed by atoms with E-state index in [4.69, 9.17) is 4.74 Å². The fourth-order valence-corrected chi connectivity index (χ4v) is 2.53. The number of aryl methyl sites for hydroxylation is 2. The molecule has 0 amide bonds. The van der Waals surface area contributed by atoms with E-state index in [-0.39, 0.29) is 0 Å². The topological polar surface area (TPSA) is 58.5 Å². The standard InChI is InChI=1S/C12H22N4OS/c1-9-11(18-10(2)16-9)5-6-14-12(13-3)15-7-8-17-4/h5-8H2,1-4H3,(H2,13,14,15). The molecule has 0 aliphatic rings. The van der Waals surface area contributed by atoms with Gasteiger partial charge in [-0.05, 0) is 13.8 Å². The fourth-order valence-electron chi connectivity index (χ4n) is 1.59. The minimum Gasteiger partial charge on any atom is -0.383 e. The summed E-state index contributed by atoms with van der Waals surface area (Å²) in [6, 6.07) is 0. The third-order valence-corrected chi connectivity index (χ3v) is 3.60. The first kappa shape index (κ1) is 14.9. The van der Waals surface area contributed by atoms with E-state index in [1.807, 2.05) is 6.92 Å². The maximum Gasteiger partial charge on any atom is 0.191 e. The van der Waals surface area contributed by atoms with Crippen LogP contribution in [0, 0.1) is 13.8 Å². The van der Waals surface area contributed by atoms with E-state index >= 15 is 0 Å². The fraction of sp³-hybridized carbons (Fsp3) is 0.667. The monoisotopic (exact) mass is 270 g/mol. The Kier molecular flexibility index (Phi) is 6.67. The summed E-state index contributed by atoms with van der Waals surface area (Å²) in [7, 11) is 3.46. The second-order valence-corrected chi connectivity index (χ2v) is 5.20. The molecule has 102 valence electrons. The molecule has 0 aliphatic carbocycles. The first-order chi connectivity index (χ1) is 8.67. The van der Waals surface area contributed by atoms with Gasteiger partial charge >= 0.3 is 0 Å². The van der Waals surface area contributed by atoms with Crippen molar-refractivity contribution in [2.75, 3.05) is 33.9 Å². The minimum absolute atomic E-state index is 0.674. The van der Waals surface area contributed by atoms with Crippen molar-refractivity contribution in [3.05, 3.63) is 15.6 Å². The van der Waals surface area contributed by atoms with E-state index in [2.05, 4.69) is 27.5 Å². The maximum atomic E-state index is 4.98. The molecule has 0 radical (unpaired) electrons. The SMILES string of the molecule is CN=C(NCCOC)NCCc1sc(C)nc1C. The van der Waals surface area contributed by atoms with Crippen molar-refractivity contribution < 1.29 is 4.74 Å². The zero-order valence-corrected chi connectivity index (χ0v) is 12.4. The molecule has 1 aromatic heterocycles. The van der Waals surface area contributed by atoms with Gasteiger partial charge in [-0.2, -0.15) is 0 Å². The van der Waals surface area contributed by atoms with Gasteiger partial charge in [0, 0.05) is 38.5 Å². The van der Waals surface area contributed by atoms with Crippen molar-refractivity contribution in [3.8, 4) is 0 Å². The van der Waals surface area contributed by atoms with Crippen LogP contribution in [0.4, 0.5) is 0 Å². The van der Waals surface area contributed by atoms with Crippen LogP contribution in [-0.4, -0.2) is 44.8 Å². The van der Waals surface area contributed by atoms with E-state index in [0.717, 1.165) is 36.2 Å². The average molecular weight is 270 g/mol. The molecule has 0 bridgehead atoms. The quantitative estimate of drug-likeness (QED) is 0.462. The summed E-state index contributed by atoms with van der Waals surface area (Å²) in [4.78, 5) is 9.90. The first-order valence-electron chi connectivity index (χ1n) is 6.03. The number of nitrogens with one attached hydrogen (secondary N) is 2. The van der Waals surface area contributed by atoms with Crippen LogP contribution in [-0.2, 0) is 11.2 Å². The molecule has 18 heavy (non-hydrogen) atoms.